The van der Waals surface area contributed by atoms with Gasteiger partial charge in [0.25, 0.3) is 0 Å². The number of esters is 3. The van der Waals surface area contributed by atoms with Gasteiger partial charge >= 0.3 is 17.9 Å². The first-order valence-electron chi connectivity index (χ1n) is 12.7. The number of aliphatic hydroxyl groups is 3. The fraction of sp³-hybridized carbons (Fsp3) is 0.571. The second kappa shape index (κ2) is 9.81. The average molecular weight is 530 g/mol. The smallest absolute Gasteiger partial charge is 0.373 e. The van der Waals surface area contributed by atoms with Crippen molar-refractivity contribution in [2.75, 3.05) is 6.61 Å². The summed E-state index contributed by atoms with van der Waals surface area (Å²) in [7, 11) is 0. The standard InChI is InChI=1S/C28H35NO9/c1-15-8-6-10-19-26(15,3)23(38-24(33)17-9-7-11-29-13-17)22(32)28(5,35)27(19,4)20(37-16(2)30)12-18-14-36-25(34)21(18)31/h7-9,11,13,19-20,22-23,31-32,35H,6,10,12,14H2,1-5H3/t19?,20-,22-,23-,26-,27-,28-/m0/s1. The summed E-state index contributed by atoms with van der Waals surface area (Å²) >= 11 is 0. The fourth-order valence-corrected chi connectivity index (χ4v) is 6.69. The van der Waals surface area contributed by atoms with E-state index in [0.717, 1.165) is 5.57 Å². The van der Waals surface area contributed by atoms with E-state index < -0.39 is 64.3 Å². The molecule has 1 aliphatic heterocycles. The van der Waals surface area contributed by atoms with Crippen LogP contribution in [0.2, 0.25) is 0 Å². The fourth-order valence-electron chi connectivity index (χ4n) is 6.69. The Morgan fingerprint density at radius 2 is 2.00 bits per heavy atom. The van der Waals surface area contributed by atoms with Gasteiger partial charge in [0.15, 0.2) is 0 Å². The number of nitrogens with zero attached hydrogens (tertiary/aromatic N) is 1. The molecule has 1 aromatic heterocycles. The molecule has 0 bridgehead atoms. The maximum absolute atomic E-state index is 13.1. The van der Waals surface area contributed by atoms with Crippen molar-refractivity contribution in [3.8, 4) is 0 Å². The first kappa shape index (κ1) is 27.8. The number of aliphatic hydroxyl groups excluding tert-OH is 2. The zero-order chi connectivity index (χ0) is 28.0. The van der Waals surface area contributed by atoms with Gasteiger partial charge in [-0.3, -0.25) is 9.78 Å². The number of hydrogen-bond donors (Lipinski definition) is 3. The highest BCUT2D eigenvalue weighted by atomic mass is 16.6. The molecule has 3 aliphatic rings. The molecule has 1 saturated carbocycles. The Morgan fingerprint density at radius 3 is 2.58 bits per heavy atom. The van der Waals surface area contributed by atoms with E-state index in [1.165, 1.54) is 26.2 Å². The van der Waals surface area contributed by atoms with Crippen LogP contribution in [0.4, 0.5) is 0 Å². The molecule has 1 fully saturated rings. The zero-order valence-corrected chi connectivity index (χ0v) is 22.3. The van der Waals surface area contributed by atoms with E-state index in [2.05, 4.69) is 4.98 Å². The van der Waals surface area contributed by atoms with E-state index in [1.54, 1.807) is 19.1 Å². The van der Waals surface area contributed by atoms with E-state index in [9.17, 15) is 29.7 Å². The van der Waals surface area contributed by atoms with Gasteiger partial charge < -0.3 is 29.5 Å². The van der Waals surface area contributed by atoms with Crippen LogP contribution in [0.15, 0.2) is 47.5 Å². The Labute approximate surface area is 221 Å². The second-order valence-electron chi connectivity index (χ2n) is 11.1. The zero-order valence-electron chi connectivity index (χ0n) is 22.3. The number of carbonyl (C=O) groups is 3. The van der Waals surface area contributed by atoms with E-state index in [1.807, 2.05) is 19.9 Å². The Kier molecular flexibility index (Phi) is 7.18. The van der Waals surface area contributed by atoms with Crippen molar-refractivity contribution >= 4 is 17.9 Å². The van der Waals surface area contributed by atoms with Crippen LogP contribution in [0, 0.1) is 16.7 Å². The van der Waals surface area contributed by atoms with Crippen molar-refractivity contribution in [3.05, 3.63) is 53.1 Å². The largest absolute Gasteiger partial charge is 0.502 e. The SMILES string of the molecule is CC(=O)O[C@@H](CC1=C(O)C(=O)OC1)[C@]1(C)C2CCC=C(C)[C@]2(C)[C@@H](OC(=O)c2cccnc2)[C@H](O)[C@]1(C)O. The number of allylic oxidation sites excluding steroid dienone is 1. The van der Waals surface area contributed by atoms with Crippen molar-refractivity contribution < 1.29 is 43.9 Å². The van der Waals surface area contributed by atoms with Gasteiger partial charge in [0, 0.05) is 42.1 Å². The summed E-state index contributed by atoms with van der Waals surface area (Å²) in [4.78, 5) is 41.2. The molecule has 3 N–H and O–H groups in total. The molecule has 1 aromatic rings. The lowest BCUT2D eigenvalue weighted by molar-refractivity contribution is -0.291. The molecule has 7 atom stereocenters. The normalized spacial score (nSPS) is 35.6. The molecule has 10 nitrogen and oxygen atoms in total. The molecule has 4 rings (SSSR count). The minimum absolute atomic E-state index is 0.0913. The summed E-state index contributed by atoms with van der Waals surface area (Å²) in [5.41, 5.74) is -2.89. The van der Waals surface area contributed by atoms with Crippen LogP contribution in [0.3, 0.4) is 0 Å². The lowest BCUT2D eigenvalue weighted by Gasteiger charge is -2.66. The van der Waals surface area contributed by atoms with Crippen LogP contribution in [0.25, 0.3) is 0 Å². The van der Waals surface area contributed by atoms with Crippen LogP contribution in [-0.4, -0.2) is 68.7 Å². The Balaban J connectivity index is 1.83. The summed E-state index contributed by atoms with van der Waals surface area (Å²) in [5.74, 6) is -3.18. The Bertz CT molecular complexity index is 1190. The third-order valence-electron chi connectivity index (χ3n) is 9.19. The minimum Gasteiger partial charge on any atom is -0.502 e. The molecule has 2 aliphatic carbocycles. The second-order valence-corrected chi connectivity index (χ2v) is 11.1. The highest BCUT2D eigenvalue weighted by molar-refractivity contribution is 5.89. The van der Waals surface area contributed by atoms with Crippen molar-refractivity contribution in [2.24, 2.45) is 16.7 Å². The van der Waals surface area contributed by atoms with Crippen molar-refractivity contribution in [3.63, 3.8) is 0 Å². The quantitative estimate of drug-likeness (QED) is 0.285. The van der Waals surface area contributed by atoms with E-state index in [-0.39, 0.29) is 24.2 Å². The highest BCUT2D eigenvalue weighted by Gasteiger charge is 2.71. The summed E-state index contributed by atoms with van der Waals surface area (Å²) in [6.07, 6.45) is 2.23. The first-order valence-corrected chi connectivity index (χ1v) is 12.7. The van der Waals surface area contributed by atoms with Gasteiger partial charge in [-0.25, -0.2) is 9.59 Å². The maximum Gasteiger partial charge on any atom is 0.373 e. The molecular weight excluding hydrogens is 494 g/mol. The number of rotatable bonds is 6. The number of aromatic nitrogens is 1. The molecular formula is C28H35NO9. The lowest BCUT2D eigenvalue weighted by Crippen LogP contribution is -2.75. The summed E-state index contributed by atoms with van der Waals surface area (Å²) in [6, 6.07) is 3.15. The van der Waals surface area contributed by atoms with Crippen LogP contribution < -0.4 is 0 Å². The molecule has 0 aromatic carbocycles. The van der Waals surface area contributed by atoms with Gasteiger partial charge in [-0.05, 0) is 44.7 Å². The summed E-state index contributed by atoms with van der Waals surface area (Å²) < 4.78 is 16.7. The molecule has 0 saturated heterocycles. The lowest BCUT2D eigenvalue weighted by atomic mass is 9.43. The number of pyridine rings is 1. The number of cyclic esters (lactones) is 1. The number of carbonyl (C=O) groups excluding carboxylic acids is 3. The predicted octanol–water partition coefficient (Wildman–Crippen LogP) is 2.79. The third-order valence-corrected chi connectivity index (χ3v) is 9.19. The number of fused-ring (bicyclic) bond motifs is 1. The van der Waals surface area contributed by atoms with Crippen LogP contribution >= 0.6 is 0 Å². The number of hydrogen-bond acceptors (Lipinski definition) is 10. The molecule has 10 heteroatoms. The van der Waals surface area contributed by atoms with E-state index >= 15 is 0 Å². The van der Waals surface area contributed by atoms with Gasteiger partial charge in [0.1, 0.15) is 30.5 Å². The van der Waals surface area contributed by atoms with E-state index in [4.69, 9.17) is 14.2 Å². The van der Waals surface area contributed by atoms with Gasteiger partial charge in [0.2, 0.25) is 5.76 Å². The highest BCUT2D eigenvalue weighted by Crippen LogP contribution is 2.64. The maximum atomic E-state index is 13.1. The van der Waals surface area contributed by atoms with Gasteiger partial charge in [-0.2, -0.15) is 0 Å². The molecule has 0 spiro atoms. The van der Waals surface area contributed by atoms with Crippen molar-refractivity contribution in [1.82, 2.24) is 4.98 Å². The topological polar surface area (TPSA) is 152 Å². The molecule has 2 heterocycles. The summed E-state index contributed by atoms with van der Waals surface area (Å²) in [6.45, 7) is 8.01. The Morgan fingerprint density at radius 1 is 1.29 bits per heavy atom. The third kappa shape index (κ3) is 4.19. The molecule has 1 unspecified atom stereocenters. The Hall–Kier alpha value is -3.24. The van der Waals surface area contributed by atoms with Crippen LogP contribution in [0.1, 0.15) is 64.2 Å². The summed E-state index contributed by atoms with van der Waals surface area (Å²) in [5, 5.41) is 34.1. The molecule has 0 amide bonds. The first-order chi connectivity index (χ1) is 17.8. The predicted molar refractivity (Wildman–Crippen MR) is 134 cm³/mol. The minimum atomic E-state index is -1.94. The van der Waals surface area contributed by atoms with Crippen LogP contribution in [0.5, 0.6) is 0 Å². The molecule has 0 radical (unpaired) electrons. The van der Waals surface area contributed by atoms with Gasteiger partial charge in [0.05, 0.1) is 5.56 Å². The van der Waals surface area contributed by atoms with E-state index in [0.29, 0.717) is 12.8 Å². The van der Waals surface area contributed by atoms with Gasteiger partial charge in [-0.15, -0.1) is 0 Å². The monoisotopic (exact) mass is 529 g/mol. The molecule has 38 heavy (non-hydrogen) atoms. The number of ether oxygens (including phenoxy) is 3. The molecule has 206 valence electrons. The average Bonchev–Trinajstić information content (AvgIpc) is 3.19. The van der Waals surface area contributed by atoms with Crippen molar-refractivity contribution in [2.45, 2.75) is 77.8 Å². The van der Waals surface area contributed by atoms with Gasteiger partial charge in [-0.1, -0.05) is 25.5 Å². The van der Waals surface area contributed by atoms with Crippen LogP contribution in [-0.2, 0) is 23.8 Å². The van der Waals surface area contributed by atoms with Crippen molar-refractivity contribution in [1.29, 1.82) is 0 Å².